The number of aliphatic hydroxyl groups is 1. The molecule has 8 heteroatoms. The molecule has 0 aromatic rings. The topological polar surface area (TPSA) is 95.5 Å². The normalized spacial score (nSPS) is 24.5. The summed E-state index contributed by atoms with van der Waals surface area (Å²) in [6.45, 7) is 1.54. The second-order valence-corrected chi connectivity index (χ2v) is 8.35. The number of sulfonamides is 1. The van der Waals surface area contributed by atoms with E-state index in [-0.39, 0.29) is 17.7 Å². The molecule has 0 radical (unpaired) electrons. The van der Waals surface area contributed by atoms with Crippen LogP contribution in [-0.4, -0.2) is 55.4 Å². The molecule has 1 aliphatic rings. The molecule has 1 saturated carbocycles. The van der Waals surface area contributed by atoms with Crippen molar-refractivity contribution in [3.63, 3.8) is 0 Å². The third kappa shape index (κ3) is 6.54. The van der Waals surface area contributed by atoms with Crippen LogP contribution in [0.2, 0.25) is 0 Å². The van der Waals surface area contributed by atoms with E-state index in [2.05, 4.69) is 10.0 Å². The molecule has 0 spiro atoms. The summed E-state index contributed by atoms with van der Waals surface area (Å²) >= 11 is 1.56. The Morgan fingerprint density at radius 1 is 1.38 bits per heavy atom. The number of nitrogens with one attached hydrogen (secondary N) is 2. The number of aliphatic hydroxyl groups excluding tert-OH is 1. The van der Waals surface area contributed by atoms with Gasteiger partial charge >= 0.3 is 0 Å². The van der Waals surface area contributed by atoms with E-state index in [9.17, 15) is 18.3 Å². The zero-order chi connectivity index (χ0) is 15.9. The molecule has 1 fully saturated rings. The first-order valence-electron chi connectivity index (χ1n) is 7.37. The van der Waals surface area contributed by atoms with Crippen LogP contribution in [0.1, 0.15) is 39.0 Å². The lowest BCUT2D eigenvalue weighted by Gasteiger charge is -2.30. The number of carbonyl (C=O) groups is 1. The Kier molecular flexibility index (Phi) is 8.00. The maximum atomic E-state index is 12.3. The lowest BCUT2D eigenvalue weighted by molar-refractivity contribution is -0.124. The molecule has 3 atom stereocenters. The maximum Gasteiger partial charge on any atom is 0.238 e. The van der Waals surface area contributed by atoms with Crippen LogP contribution in [0, 0.1) is 0 Å². The Morgan fingerprint density at radius 2 is 2.05 bits per heavy atom. The molecule has 0 aromatic carbocycles. The molecule has 3 N–H and O–H groups in total. The lowest BCUT2D eigenvalue weighted by atomic mass is 9.92. The number of hydrogen-bond acceptors (Lipinski definition) is 5. The maximum absolute atomic E-state index is 12.3. The summed E-state index contributed by atoms with van der Waals surface area (Å²) in [7, 11) is -3.43. The van der Waals surface area contributed by atoms with E-state index in [1.807, 2.05) is 6.26 Å². The molecular formula is C13H26N2O4S2. The van der Waals surface area contributed by atoms with Gasteiger partial charge in [0.05, 0.1) is 17.9 Å². The van der Waals surface area contributed by atoms with Crippen molar-refractivity contribution in [2.75, 3.05) is 17.8 Å². The zero-order valence-electron chi connectivity index (χ0n) is 12.7. The average molecular weight is 338 g/mol. The molecule has 1 amide bonds. The van der Waals surface area contributed by atoms with Gasteiger partial charge in [-0.05, 0) is 38.2 Å². The van der Waals surface area contributed by atoms with Gasteiger partial charge in [0.1, 0.15) is 6.04 Å². The third-order valence-electron chi connectivity index (χ3n) is 3.69. The van der Waals surface area contributed by atoms with Gasteiger partial charge in [0.2, 0.25) is 15.9 Å². The van der Waals surface area contributed by atoms with Crippen molar-refractivity contribution in [2.45, 2.75) is 57.2 Å². The minimum atomic E-state index is -3.43. The van der Waals surface area contributed by atoms with Gasteiger partial charge in [0.15, 0.2) is 0 Å². The van der Waals surface area contributed by atoms with E-state index < -0.39 is 22.2 Å². The highest BCUT2D eigenvalue weighted by atomic mass is 32.2. The molecule has 0 aromatic heterocycles. The summed E-state index contributed by atoms with van der Waals surface area (Å²) in [5.41, 5.74) is 0. The van der Waals surface area contributed by atoms with Gasteiger partial charge in [-0.15, -0.1) is 0 Å². The molecular weight excluding hydrogens is 312 g/mol. The second-order valence-electron chi connectivity index (χ2n) is 5.32. The molecule has 21 heavy (non-hydrogen) atoms. The first kappa shape index (κ1) is 18.7. The lowest BCUT2D eigenvalue weighted by Crippen LogP contribution is -2.53. The third-order valence-corrected chi connectivity index (χ3v) is 5.73. The molecule has 6 nitrogen and oxygen atoms in total. The van der Waals surface area contributed by atoms with Gasteiger partial charge in [-0.25, -0.2) is 13.1 Å². The fourth-order valence-electron chi connectivity index (χ4n) is 2.34. The summed E-state index contributed by atoms with van der Waals surface area (Å²) in [6.07, 6.45) is 5.17. The predicted molar refractivity (Wildman–Crippen MR) is 85.8 cm³/mol. The van der Waals surface area contributed by atoms with Crippen molar-refractivity contribution in [3.8, 4) is 0 Å². The van der Waals surface area contributed by atoms with Crippen LogP contribution in [0.15, 0.2) is 0 Å². The quantitative estimate of drug-likeness (QED) is 0.598. The first-order chi connectivity index (χ1) is 9.89. The molecule has 1 unspecified atom stereocenters. The van der Waals surface area contributed by atoms with Crippen LogP contribution in [0.3, 0.4) is 0 Å². The average Bonchev–Trinajstić information content (AvgIpc) is 2.45. The van der Waals surface area contributed by atoms with Crippen molar-refractivity contribution in [1.82, 2.24) is 10.0 Å². The van der Waals surface area contributed by atoms with Gasteiger partial charge < -0.3 is 10.4 Å². The Morgan fingerprint density at radius 3 is 2.62 bits per heavy atom. The molecule has 1 aliphatic carbocycles. The first-order valence-corrected chi connectivity index (χ1v) is 10.4. The fraction of sp³-hybridized carbons (Fsp3) is 0.923. The minimum Gasteiger partial charge on any atom is -0.391 e. The SMILES string of the molecule is CCS(=O)(=O)NC(CCSC)C(=O)N[C@@H]1CCCC[C@H]1O. The minimum absolute atomic E-state index is 0.0535. The summed E-state index contributed by atoms with van der Waals surface area (Å²) in [6, 6.07) is -1.04. The Balaban J connectivity index is 2.65. The highest BCUT2D eigenvalue weighted by molar-refractivity contribution is 7.98. The van der Waals surface area contributed by atoms with Gasteiger partial charge in [-0.1, -0.05) is 12.8 Å². The van der Waals surface area contributed by atoms with E-state index >= 15 is 0 Å². The van der Waals surface area contributed by atoms with Crippen LogP contribution >= 0.6 is 11.8 Å². The largest absolute Gasteiger partial charge is 0.391 e. The second kappa shape index (κ2) is 8.97. The summed E-state index contributed by atoms with van der Waals surface area (Å²) < 4.78 is 25.8. The van der Waals surface area contributed by atoms with Crippen molar-refractivity contribution < 1.29 is 18.3 Å². The number of hydrogen-bond donors (Lipinski definition) is 3. The van der Waals surface area contributed by atoms with Crippen molar-refractivity contribution in [3.05, 3.63) is 0 Å². The Labute approximate surface area is 131 Å². The Bertz CT molecular complexity index is 428. The van der Waals surface area contributed by atoms with Gasteiger partial charge in [-0.2, -0.15) is 11.8 Å². The highest BCUT2D eigenvalue weighted by Gasteiger charge is 2.29. The smallest absolute Gasteiger partial charge is 0.238 e. The highest BCUT2D eigenvalue weighted by Crippen LogP contribution is 2.18. The molecule has 0 bridgehead atoms. The van der Waals surface area contributed by atoms with E-state index in [4.69, 9.17) is 0 Å². The van der Waals surface area contributed by atoms with Crippen LogP contribution in [0.4, 0.5) is 0 Å². The van der Waals surface area contributed by atoms with Crippen LogP contribution in [0.5, 0.6) is 0 Å². The van der Waals surface area contributed by atoms with Crippen LogP contribution in [0.25, 0.3) is 0 Å². The van der Waals surface area contributed by atoms with E-state index in [0.29, 0.717) is 18.6 Å². The molecule has 1 rings (SSSR count). The van der Waals surface area contributed by atoms with Crippen LogP contribution < -0.4 is 10.0 Å². The van der Waals surface area contributed by atoms with E-state index in [0.717, 1.165) is 19.3 Å². The van der Waals surface area contributed by atoms with Crippen LogP contribution in [-0.2, 0) is 14.8 Å². The monoisotopic (exact) mass is 338 g/mol. The fourth-order valence-corrected chi connectivity index (χ4v) is 3.64. The number of amides is 1. The number of thioether (sulfide) groups is 1. The summed E-state index contributed by atoms with van der Waals surface area (Å²) in [5.74, 6) is 0.298. The molecule has 0 aliphatic heterocycles. The molecule has 0 saturated heterocycles. The van der Waals surface area contributed by atoms with Crippen molar-refractivity contribution in [1.29, 1.82) is 0 Å². The molecule has 124 valence electrons. The number of rotatable bonds is 8. The summed E-state index contributed by atoms with van der Waals surface area (Å²) in [4.78, 5) is 12.3. The van der Waals surface area contributed by atoms with E-state index in [1.54, 1.807) is 11.8 Å². The van der Waals surface area contributed by atoms with Gasteiger partial charge in [-0.3, -0.25) is 4.79 Å². The Hall–Kier alpha value is -0.310. The standard InChI is InChI=1S/C13H26N2O4S2/c1-3-21(18,19)15-11(8-9-20-2)13(17)14-10-6-4-5-7-12(10)16/h10-12,15-16H,3-9H2,1-2H3,(H,14,17)/t10-,11?,12-/m1/s1. The van der Waals surface area contributed by atoms with Gasteiger partial charge in [0, 0.05) is 0 Å². The zero-order valence-corrected chi connectivity index (χ0v) is 14.3. The van der Waals surface area contributed by atoms with Gasteiger partial charge in [0.25, 0.3) is 0 Å². The predicted octanol–water partition coefficient (Wildman–Crippen LogP) is 0.467. The van der Waals surface area contributed by atoms with Crippen molar-refractivity contribution in [2.24, 2.45) is 0 Å². The van der Waals surface area contributed by atoms with E-state index in [1.165, 1.54) is 6.92 Å². The molecule has 0 heterocycles. The van der Waals surface area contributed by atoms with Crippen molar-refractivity contribution >= 4 is 27.7 Å². The summed E-state index contributed by atoms with van der Waals surface area (Å²) in [5, 5.41) is 12.7. The number of carbonyl (C=O) groups excluding carboxylic acids is 1.